The van der Waals surface area contributed by atoms with E-state index in [1.807, 2.05) is 18.2 Å². The average molecular weight is 215 g/mol. The van der Waals surface area contributed by atoms with Gasteiger partial charge in [0.25, 0.3) is 0 Å². The number of rotatable bonds is 4. The molecule has 0 aliphatic heterocycles. The van der Waals surface area contributed by atoms with Gasteiger partial charge in [-0.2, -0.15) is 0 Å². The van der Waals surface area contributed by atoms with Gasteiger partial charge in [-0.25, -0.2) is 0 Å². The summed E-state index contributed by atoms with van der Waals surface area (Å²) >= 11 is 0. The van der Waals surface area contributed by atoms with E-state index in [2.05, 4.69) is 43.4 Å². The highest BCUT2D eigenvalue weighted by atomic mass is 16.3. The lowest BCUT2D eigenvalue weighted by Crippen LogP contribution is -2.22. The Bertz CT molecular complexity index is 408. The van der Waals surface area contributed by atoms with Crippen LogP contribution in [-0.2, 0) is 0 Å². The summed E-state index contributed by atoms with van der Waals surface area (Å²) in [5.41, 5.74) is 1.29. The molecule has 1 aromatic heterocycles. The van der Waals surface area contributed by atoms with Crippen LogP contribution in [0.25, 0.3) is 0 Å². The Kier molecular flexibility index (Phi) is 3.42. The average Bonchev–Trinajstić information content (AvgIpc) is 2.83. The van der Waals surface area contributed by atoms with Crippen LogP contribution in [0.3, 0.4) is 0 Å². The van der Waals surface area contributed by atoms with E-state index in [1.165, 1.54) is 5.56 Å². The Hall–Kier alpha value is -1.54. The molecule has 0 spiro atoms. The molecule has 1 N–H and O–H groups in total. The molecule has 84 valence electrons. The summed E-state index contributed by atoms with van der Waals surface area (Å²) in [5, 5.41) is 3.50. The van der Waals surface area contributed by atoms with Crippen molar-refractivity contribution in [1.29, 1.82) is 0 Å². The van der Waals surface area contributed by atoms with Crippen LogP contribution in [0.15, 0.2) is 53.1 Å². The molecule has 2 atom stereocenters. The van der Waals surface area contributed by atoms with Crippen molar-refractivity contribution in [3.05, 3.63) is 60.1 Å². The summed E-state index contributed by atoms with van der Waals surface area (Å²) in [4.78, 5) is 0. The molecule has 16 heavy (non-hydrogen) atoms. The molecule has 0 bridgehead atoms. The second-order valence-corrected chi connectivity index (χ2v) is 4.04. The Balaban J connectivity index is 2.00. The molecule has 1 heterocycles. The van der Waals surface area contributed by atoms with E-state index in [0.717, 1.165) is 5.76 Å². The normalized spacial score (nSPS) is 14.6. The molecular formula is C14H17NO. The van der Waals surface area contributed by atoms with Crippen LogP contribution < -0.4 is 5.32 Å². The van der Waals surface area contributed by atoms with Crippen LogP contribution in [0.4, 0.5) is 0 Å². The SMILES string of the molecule is C[C@H](N[C@H](C)c1ccccc1)c1ccco1. The molecule has 1 aromatic carbocycles. The summed E-state index contributed by atoms with van der Waals surface area (Å²) in [6.07, 6.45) is 1.71. The van der Waals surface area contributed by atoms with Crippen LogP contribution in [0.2, 0.25) is 0 Å². The Labute approximate surface area is 96.3 Å². The highest BCUT2D eigenvalue weighted by Crippen LogP contribution is 2.19. The molecule has 0 saturated heterocycles. The van der Waals surface area contributed by atoms with Gasteiger partial charge in [0, 0.05) is 6.04 Å². The summed E-state index contributed by atoms with van der Waals surface area (Å²) in [6.45, 7) is 4.27. The summed E-state index contributed by atoms with van der Waals surface area (Å²) in [5.74, 6) is 0.975. The van der Waals surface area contributed by atoms with Crippen molar-refractivity contribution < 1.29 is 4.42 Å². The first-order chi connectivity index (χ1) is 7.77. The Morgan fingerprint density at radius 3 is 2.31 bits per heavy atom. The lowest BCUT2D eigenvalue weighted by molar-refractivity contribution is 0.403. The molecule has 0 radical (unpaired) electrons. The van der Waals surface area contributed by atoms with Crippen molar-refractivity contribution in [3.8, 4) is 0 Å². The van der Waals surface area contributed by atoms with Crippen molar-refractivity contribution in [3.63, 3.8) is 0 Å². The molecule has 0 fully saturated rings. The van der Waals surface area contributed by atoms with Gasteiger partial charge < -0.3 is 9.73 Å². The van der Waals surface area contributed by atoms with E-state index in [4.69, 9.17) is 4.42 Å². The molecule has 0 amide bonds. The van der Waals surface area contributed by atoms with Crippen molar-refractivity contribution in [1.82, 2.24) is 5.32 Å². The topological polar surface area (TPSA) is 25.2 Å². The molecule has 0 aliphatic rings. The summed E-state index contributed by atoms with van der Waals surface area (Å²) < 4.78 is 5.37. The van der Waals surface area contributed by atoms with Gasteiger partial charge in [-0.05, 0) is 31.5 Å². The lowest BCUT2D eigenvalue weighted by Gasteiger charge is -2.18. The van der Waals surface area contributed by atoms with Gasteiger partial charge in [-0.15, -0.1) is 0 Å². The van der Waals surface area contributed by atoms with E-state index in [-0.39, 0.29) is 6.04 Å². The first kappa shape index (κ1) is 11.0. The van der Waals surface area contributed by atoms with Gasteiger partial charge >= 0.3 is 0 Å². The summed E-state index contributed by atoms with van der Waals surface area (Å²) in [6, 6.07) is 14.9. The minimum atomic E-state index is 0.227. The first-order valence-corrected chi connectivity index (χ1v) is 5.62. The highest BCUT2D eigenvalue weighted by molar-refractivity contribution is 5.18. The third-order valence-corrected chi connectivity index (χ3v) is 2.77. The van der Waals surface area contributed by atoms with E-state index in [1.54, 1.807) is 6.26 Å². The Morgan fingerprint density at radius 1 is 0.938 bits per heavy atom. The first-order valence-electron chi connectivity index (χ1n) is 5.62. The van der Waals surface area contributed by atoms with Crippen LogP contribution >= 0.6 is 0 Å². The number of benzene rings is 1. The molecule has 2 aromatic rings. The zero-order valence-electron chi connectivity index (χ0n) is 9.68. The second-order valence-electron chi connectivity index (χ2n) is 4.04. The van der Waals surface area contributed by atoms with Gasteiger partial charge in [0.2, 0.25) is 0 Å². The maximum absolute atomic E-state index is 5.37. The van der Waals surface area contributed by atoms with Gasteiger partial charge in [-0.3, -0.25) is 0 Å². The van der Waals surface area contributed by atoms with Crippen LogP contribution in [-0.4, -0.2) is 0 Å². The molecular weight excluding hydrogens is 198 g/mol. The molecule has 0 saturated carbocycles. The zero-order valence-corrected chi connectivity index (χ0v) is 9.68. The Morgan fingerprint density at radius 2 is 1.69 bits per heavy atom. The van der Waals surface area contributed by atoms with E-state index < -0.39 is 0 Å². The van der Waals surface area contributed by atoms with Crippen LogP contribution in [0, 0.1) is 0 Å². The second kappa shape index (κ2) is 4.99. The molecule has 0 unspecified atom stereocenters. The number of nitrogens with one attached hydrogen (secondary N) is 1. The quantitative estimate of drug-likeness (QED) is 0.841. The predicted molar refractivity (Wildman–Crippen MR) is 65.1 cm³/mol. The molecule has 2 nitrogen and oxygen atoms in total. The fraction of sp³-hybridized carbons (Fsp3) is 0.286. The fourth-order valence-electron chi connectivity index (χ4n) is 1.83. The monoisotopic (exact) mass is 215 g/mol. The van der Waals surface area contributed by atoms with Crippen molar-refractivity contribution >= 4 is 0 Å². The highest BCUT2D eigenvalue weighted by Gasteiger charge is 2.12. The number of hydrogen-bond donors (Lipinski definition) is 1. The maximum atomic E-state index is 5.37. The zero-order chi connectivity index (χ0) is 11.4. The standard InChI is InChI=1S/C14H17NO/c1-11(13-7-4-3-5-8-13)15-12(2)14-9-6-10-16-14/h3-12,15H,1-2H3/t11-,12+/m1/s1. The molecule has 2 heteroatoms. The van der Waals surface area contributed by atoms with Crippen LogP contribution in [0.1, 0.15) is 37.3 Å². The largest absolute Gasteiger partial charge is 0.468 e. The third-order valence-electron chi connectivity index (χ3n) is 2.77. The summed E-state index contributed by atoms with van der Waals surface area (Å²) in [7, 11) is 0. The lowest BCUT2D eigenvalue weighted by atomic mass is 10.1. The van der Waals surface area contributed by atoms with Gasteiger partial charge in [-0.1, -0.05) is 30.3 Å². The van der Waals surface area contributed by atoms with E-state index in [0.29, 0.717) is 6.04 Å². The third kappa shape index (κ3) is 2.52. The van der Waals surface area contributed by atoms with E-state index in [9.17, 15) is 0 Å². The number of furan rings is 1. The van der Waals surface area contributed by atoms with Gasteiger partial charge in [0.1, 0.15) is 5.76 Å². The van der Waals surface area contributed by atoms with Crippen molar-refractivity contribution in [2.24, 2.45) is 0 Å². The maximum Gasteiger partial charge on any atom is 0.120 e. The van der Waals surface area contributed by atoms with Crippen molar-refractivity contribution in [2.45, 2.75) is 25.9 Å². The van der Waals surface area contributed by atoms with Gasteiger partial charge in [0.15, 0.2) is 0 Å². The van der Waals surface area contributed by atoms with E-state index >= 15 is 0 Å². The minimum Gasteiger partial charge on any atom is -0.468 e. The predicted octanol–water partition coefficient (Wildman–Crippen LogP) is 3.69. The molecule has 0 aliphatic carbocycles. The fourth-order valence-corrected chi connectivity index (χ4v) is 1.83. The van der Waals surface area contributed by atoms with Gasteiger partial charge in [0.05, 0.1) is 12.3 Å². The van der Waals surface area contributed by atoms with Crippen molar-refractivity contribution in [2.75, 3.05) is 0 Å². The number of hydrogen-bond acceptors (Lipinski definition) is 2. The van der Waals surface area contributed by atoms with Crippen LogP contribution in [0.5, 0.6) is 0 Å². The minimum absolute atomic E-state index is 0.227. The molecule has 2 rings (SSSR count). The smallest absolute Gasteiger partial charge is 0.120 e.